The Bertz CT molecular complexity index is 1370. The van der Waals surface area contributed by atoms with Crippen LogP contribution in [0, 0.1) is 0 Å². The highest BCUT2D eigenvalue weighted by Gasteiger charge is 2.22. The van der Waals surface area contributed by atoms with Crippen molar-refractivity contribution in [2.45, 2.75) is 19.2 Å². The number of ether oxygens (including phenoxy) is 3. The molecule has 0 bridgehead atoms. The van der Waals surface area contributed by atoms with Gasteiger partial charge in [0.2, 0.25) is 5.91 Å². The summed E-state index contributed by atoms with van der Waals surface area (Å²) in [5.74, 6) is 0.852. The van der Waals surface area contributed by atoms with Gasteiger partial charge in [0.15, 0.2) is 0 Å². The Morgan fingerprint density at radius 3 is 2.33 bits per heavy atom. The van der Waals surface area contributed by atoms with Gasteiger partial charge in [-0.3, -0.25) is 9.59 Å². The highest BCUT2D eigenvalue weighted by molar-refractivity contribution is 6.32. The molecular weight excluding hydrogens is 520 g/mol. The number of benzene rings is 3. The van der Waals surface area contributed by atoms with Crippen LogP contribution in [0.15, 0.2) is 91.5 Å². The fourth-order valence-corrected chi connectivity index (χ4v) is 3.72. The maximum atomic E-state index is 13.0. The molecule has 1 heterocycles. The van der Waals surface area contributed by atoms with Crippen LogP contribution >= 0.6 is 11.6 Å². The first-order valence-electron chi connectivity index (χ1n) is 12.1. The molecule has 0 radical (unpaired) electrons. The maximum Gasteiger partial charge on any atom is 0.255 e. The van der Waals surface area contributed by atoms with Crippen LogP contribution in [-0.4, -0.2) is 41.5 Å². The molecule has 0 aliphatic rings. The van der Waals surface area contributed by atoms with Gasteiger partial charge in [-0.1, -0.05) is 54.1 Å². The SMILES string of the molecule is COc1ccc(Oc2ccc(CNC(=O)[C@H](COCc3ccccc3)NC(=O)c3cncnc3)cc2)c(Cl)c1. The van der Waals surface area contributed by atoms with Gasteiger partial charge in [-0.15, -0.1) is 0 Å². The Labute approximate surface area is 231 Å². The van der Waals surface area contributed by atoms with E-state index in [1.54, 1.807) is 37.4 Å². The number of hydrogen-bond acceptors (Lipinski definition) is 7. The number of methoxy groups -OCH3 is 1. The summed E-state index contributed by atoms with van der Waals surface area (Å²) in [6, 6.07) is 21.0. The summed E-state index contributed by atoms with van der Waals surface area (Å²) in [6.07, 6.45) is 4.08. The molecule has 0 saturated heterocycles. The molecule has 1 aromatic heterocycles. The second kappa shape index (κ2) is 13.9. The van der Waals surface area contributed by atoms with Gasteiger partial charge in [0.25, 0.3) is 5.91 Å². The average molecular weight is 547 g/mol. The quantitative estimate of drug-likeness (QED) is 0.268. The van der Waals surface area contributed by atoms with E-state index in [2.05, 4.69) is 20.6 Å². The zero-order valence-electron chi connectivity index (χ0n) is 21.2. The van der Waals surface area contributed by atoms with Crippen molar-refractivity contribution in [2.75, 3.05) is 13.7 Å². The summed E-state index contributed by atoms with van der Waals surface area (Å²) < 4.78 is 16.7. The summed E-state index contributed by atoms with van der Waals surface area (Å²) in [7, 11) is 1.57. The van der Waals surface area contributed by atoms with Gasteiger partial charge in [-0.05, 0) is 35.4 Å². The Kier molecular flexibility index (Phi) is 9.82. The molecule has 0 saturated carbocycles. The first-order chi connectivity index (χ1) is 19.0. The van der Waals surface area contributed by atoms with Crippen LogP contribution < -0.4 is 20.1 Å². The van der Waals surface area contributed by atoms with Crippen molar-refractivity contribution < 1.29 is 23.8 Å². The first-order valence-corrected chi connectivity index (χ1v) is 12.4. The molecular formula is C29H27ClN4O5. The van der Waals surface area contributed by atoms with Crippen LogP contribution in [-0.2, 0) is 22.7 Å². The van der Waals surface area contributed by atoms with E-state index in [-0.39, 0.29) is 18.7 Å². The standard InChI is InChI=1S/C29H27ClN4O5/c1-37-24-11-12-27(25(30)13-24)39-23-9-7-20(8-10-23)14-33-29(36)26(18-38-17-21-5-3-2-4-6-21)34-28(35)22-15-31-19-32-16-22/h2-13,15-16,19,26H,14,17-18H2,1H3,(H,33,36)(H,34,35)/t26-/m0/s1. The van der Waals surface area contributed by atoms with E-state index < -0.39 is 17.9 Å². The number of rotatable bonds is 12. The van der Waals surface area contributed by atoms with E-state index >= 15 is 0 Å². The molecule has 0 unspecified atom stereocenters. The van der Waals surface area contributed by atoms with Gasteiger partial charge in [-0.25, -0.2) is 9.97 Å². The third-order valence-corrected chi connectivity index (χ3v) is 5.89. The van der Waals surface area contributed by atoms with Gasteiger partial charge < -0.3 is 24.8 Å². The molecule has 3 aromatic carbocycles. The number of hydrogen-bond donors (Lipinski definition) is 2. The second-order valence-corrected chi connectivity index (χ2v) is 8.82. The van der Waals surface area contributed by atoms with Crippen molar-refractivity contribution in [1.82, 2.24) is 20.6 Å². The summed E-state index contributed by atoms with van der Waals surface area (Å²) in [6.45, 7) is 0.520. The monoisotopic (exact) mass is 546 g/mol. The third kappa shape index (κ3) is 8.26. The average Bonchev–Trinajstić information content (AvgIpc) is 2.98. The van der Waals surface area contributed by atoms with Crippen LogP contribution in [0.4, 0.5) is 0 Å². The number of nitrogens with zero attached hydrogens (tertiary/aromatic N) is 2. The molecule has 4 aromatic rings. The number of nitrogens with one attached hydrogen (secondary N) is 2. The van der Waals surface area contributed by atoms with Crippen molar-refractivity contribution >= 4 is 23.4 Å². The second-order valence-electron chi connectivity index (χ2n) is 8.41. The van der Waals surface area contributed by atoms with E-state index in [9.17, 15) is 9.59 Å². The normalized spacial score (nSPS) is 11.3. The predicted molar refractivity (Wildman–Crippen MR) is 146 cm³/mol. The zero-order chi connectivity index (χ0) is 27.5. The molecule has 200 valence electrons. The van der Waals surface area contributed by atoms with Crippen molar-refractivity contribution in [3.05, 3.63) is 113 Å². The lowest BCUT2D eigenvalue weighted by molar-refractivity contribution is -0.124. The van der Waals surface area contributed by atoms with Gasteiger partial charge in [0, 0.05) is 25.0 Å². The largest absolute Gasteiger partial charge is 0.497 e. The summed E-state index contributed by atoms with van der Waals surface area (Å²) in [5, 5.41) is 5.99. The Hall–Kier alpha value is -4.47. The smallest absolute Gasteiger partial charge is 0.255 e. The van der Waals surface area contributed by atoms with Crippen LogP contribution in [0.1, 0.15) is 21.5 Å². The van der Waals surface area contributed by atoms with E-state index in [1.807, 2.05) is 42.5 Å². The minimum atomic E-state index is -0.929. The molecule has 0 spiro atoms. The van der Waals surface area contributed by atoms with E-state index in [0.717, 1.165) is 11.1 Å². The van der Waals surface area contributed by atoms with Gasteiger partial charge in [-0.2, -0.15) is 0 Å². The van der Waals surface area contributed by atoms with Gasteiger partial charge in [0.1, 0.15) is 29.6 Å². The molecule has 39 heavy (non-hydrogen) atoms. The lowest BCUT2D eigenvalue weighted by atomic mass is 10.2. The minimum absolute atomic E-state index is 0.0183. The fraction of sp³-hybridized carbons (Fsp3) is 0.172. The molecule has 10 heteroatoms. The van der Waals surface area contributed by atoms with Crippen molar-refractivity contribution in [3.8, 4) is 17.2 Å². The Morgan fingerprint density at radius 2 is 1.64 bits per heavy atom. The number of amides is 2. The Morgan fingerprint density at radius 1 is 0.923 bits per heavy atom. The lowest BCUT2D eigenvalue weighted by Crippen LogP contribution is -2.49. The lowest BCUT2D eigenvalue weighted by Gasteiger charge is -2.19. The third-order valence-electron chi connectivity index (χ3n) is 5.60. The van der Waals surface area contributed by atoms with Gasteiger partial charge >= 0.3 is 0 Å². The highest BCUT2D eigenvalue weighted by Crippen LogP contribution is 2.32. The number of carbonyl (C=O) groups is 2. The Balaban J connectivity index is 1.35. The minimum Gasteiger partial charge on any atom is -0.497 e. The van der Waals surface area contributed by atoms with Gasteiger partial charge in [0.05, 0.1) is 30.9 Å². The number of aromatic nitrogens is 2. The number of halogens is 1. The molecule has 9 nitrogen and oxygen atoms in total. The molecule has 0 aliphatic heterocycles. The van der Waals surface area contributed by atoms with Crippen LogP contribution in [0.25, 0.3) is 0 Å². The van der Waals surface area contributed by atoms with Crippen LogP contribution in [0.2, 0.25) is 5.02 Å². The van der Waals surface area contributed by atoms with Crippen molar-refractivity contribution in [2.24, 2.45) is 0 Å². The summed E-state index contributed by atoms with van der Waals surface area (Å²) in [4.78, 5) is 33.4. The molecule has 1 atom stereocenters. The van der Waals surface area contributed by atoms with E-state index in [4.69, 9.17) is 25.8 Å². The molecule has 2 N–H and O–H groups in total. The summed E-state index contributed by atoms with van der Waals surface area (Å²) in [5.41, 5.74) is 2.03. The molecule has 4 rings (SSSR count). The van der Waals surface area contributed by atoms with Crippen LogP contribution in [0.3, 0.4) is 0 Å². The first kappa shape index (κ1) is 27.6. The zero-order valence-corrected chi connectivity index (χ0v) is 21.9. The number of carbonyl (C=O) groups excluding carboxylic acids is 2. The topological polar surface area (TPSA) is 112 Å². The van der Waals surface area contributed by atoms with E-state index in [0.29, 0.717) is 28.9 Å². The van der Waals surface area contributed by atoms with Crippen molar-refractivity contribution in [3.63, 3.8) is 0 Å². The highest BCUT2D eigenvalue weighted by atomic mass is 35.5. The fourth-order valence-electron chi connectivity index (χ4n) is 3.52. The van der Waals surface area contributed by atoms with E-state index in [1.165, 1.54) is 18.7 Å². The maximum absolute atomic E-state index is 13.0. The molecule has 0 aliphatic carbocycles. The van der Waals surface area contributed by atoms with Crippen molar-refractivity contribution in [1.29, 1.82) is 0 Å². The molecule has 0 fully saturated rings. The summed E-state index contributed by atoms with van der Waals surface area (Å²) >= 11 is 6.25. The molecule has 2 amide bonds. The predicted octanol–water partition coefficient (Wildman–Crippen LogP) is 4.56. The van der Waals surface area contributed by atoms with Crippen LogP contribution in [0.5, 0.6) is 17.2 Å².